The number of rotatable bonds is 7. The molecule has 2 heterocycles. The molecule has 0 atom stereocenters. The number of allylic oxidation sites excluding steroid dienone is 3. The number of fused-ring (bicyclic) bond motifs is 3. The fourth-order valence-corrected chi connectivity index (χ4v) is 3.56. The molecule has 3 nitrogen and oxygen atoms in total. The van der Waals surface area contributed by atoms with Crippen molar-refractivity contribution in [1.29, 1.82) is 0 Å². The fourth-order valence-electron chi connectivity index (χ4n) is 3.56. The van der Waals surface area contributed by atoms with Crippen LogP contribution in [0.1, 0.15) is 63.8 Å². The van der Waals surface area contributed by atoms with Gasteiger partial charge in [-0.1, -0.05) is 51.0 Å². The average Bonchev–Trinajstić information content (AvgIpc) is 2.98. The molecule has 0 aliphatic rings. The Labute approximate surface area is 167 Å². The molecule has 0 radical (unpaired) electrons. The summed E-state index contributed by atoms with van der Waals surface area (Å²) in [6.45, 7) is 14.7. The van der Waals surface area contributed by atoms with Gasteiger partial charge < -0.3 is 4.42 Å². The van der Waals surface area contributed by atoms with Gasteiger partial charge in [-0.05, 0) is 57.4 Å². The minimum absolute atomic E-state index is 0.689. The first kappa shape index (κ1) is 20.1. The molecule has 0 saturated heterocycles. The summed E-state index contributed by atoms with van der Waals surface area (Å²) in [5, 5.41) is 2.14. The SMILES string of the molecule is C=C(CCC)N=C(C=C(C)C)c1c(CCC)ccc2c1oc1nc(C)ccc12. The second kappa shape index (κ2) is 8.55. The minimum atomic E-state index is 0.689. The third-order valence-electron chi connectivity index (χ3n) is 4.75. The summed E-state index contributed by atoms with van der Waals surface area (Å²) in [6.07, 6.45) is 6.10. The van der Waals surface area contributed by atoms with E-state index < -0.39 is 0 Å². The lowest BCUT2D eigenvalue weighted by atomic mass is 9.95. The van der Waals surface area contributed by atoms with Crippen LogP contribution in [0, 0.1) is 6.92 Å². The predicted octanol–water partition coefficient (Wildman–Crippen LogP) is 7.31. The van der Waals surface area contributed by atoms with Crippen LogP contribution in [-0.2, 0) is 6.42 Å². The van der Waals surface area contributed by atoms with Gasteiger partial charge in [0.05, 0.1) is 5.71 Å². The summed E-state index contributed by atoms with van der Waals surface area (Å²) in [5.74, 6) is 0. The van der Waals surface area contributed by atoms with Crippen LogP contribution < -0.4 is 0 Å². The van der Waals surface area contributed by atoms with Crippen LogP contribution >= 0.6 is 0 Å². The van der Waals surface area contributed by atoms with Gasteiger partial charge in [-0.3, -0.25) is 4.99 Å². The maximum absolute atomic E-state index is 6.30. The summed E-state index contributed by atoms with van der Waals surface area (Å²) < 4.78 is 6.30. The molecule has 0 spiro atoms. The first-order valence-electron chi connectivity index (χ1n) is 10.2. The van der Waals surface area contributed by atoms with Crippen molar-refractivity contribution in [2.24, 2.45) is 4.99 Å². The maximum Gasteiger partial charge on any atom is 0.227 e. The van der Waals surface area contributed by atoms with E-state index in [1.807, 2.05) is 13.0 Å². The number of hydrogen-bond acceptors (Lipinski definition) is 3. The molecule has 1 aromatic carbocycles. The van der Waals surface area contributed by atoms with E-state index in [-0.39, 0.29) is 0 Å². The molecule has 0 unspecified atom stereocenters. The van der Waals surface area contributed by atoms with Crippen LogP contribution in [-0.4, -0.2) is 10.7 Å². The Morgan fingerprint density at radius 3 is 2.54 bits per heavy atom. The van der Waals surface area contributed by atoms with Gasteiger partial charge in [-0.2, -0.15) is 0 Å². The van der Waals surface area contributed by atoms with Crippen LogP contribution in [0.3, 0.4) is 0 Å². The van der Waals surface area contributed by atoms with Gasteiger partial charge in [0.2, 0.25) is 5.71 Å². The van der Waals surface area contributed by atoms with Gasteiger partial charge in [0, 0.05) is 27.7 Å². The molecule has 28 heavy (non-hydrogen) atoms. The second-order valence-electron chi connectivity index (χ2n) is 7.67. The number of furan rings is 1. The first-order valence-corrected chi connectivity index (χ1v) is 10.2. The number of nitrogens with zero attached hydrogens (tertiary/aromatic N) is 2. The van der Waals surface area contributed by atoms with Gasteiger partial charge >= 0.3 is 0 Å². The summed E-state index contributed by atoms with van der Waals surface area (Å²) in [6, 6.07) is 8.51. The van der Waals surface area contributed by atoms with Crippen LogP contribution in [0.25, 0.3) is 22.1 Å². The Morgan fingerprint density at radius 1 is 1.11 bits per heavy atom. The van der Waals surface area contributed by atoms with Crippen molar-refractivity contribution in [3.05, 3.63) is 65.0 Å². The lowest BCUT2D eigenvalue weighted by Gasteiger charge is -2.12. The number of hydrogen-bond donors (Lipinski definition) is 0. The normalized spacial score (nSPS) is 12.0. The molecule has 0 N–H and O–H groups in total. The largest absolute Gasteiger partial charge is 0.437 e. The van der Waals surface area contributed by atoms with Crippen molar-refractivity contribution in [3.8, 4) is 0 Å². The zero-order chi connectivity index (χ0) is 20.3. The van der Waals surface area contributed by atoms with E-state index >= 15 is 0 Å². The van der Waals surface area contributed by atoms with E-state index in [0.29, 0.717) is 5.71 Å². The Balaban J connectivity index is 2.36. The number of aryl methyl sites for hydroxylation is 2. The highest BCUT2D eigenvalue weighted by Crippen LogP contribution is 2.33. The summed E-state index contributed by atoms with van der Waals surface area (Å²) in [7, 11) is 0. The molecule has 0 aliphatic heterocycles. The highest BCUT2D eigenvalue weighted by molar-refractivity contribution is 6.20. The molecular weight excluding hydrogens is 344 g/mol. The number of aliphatic imine (C=N–C) groups is 1. The van der Waals surface area contributed by atoms with E-state index in [2.05, 4.69) is 63.5 Å². The molecule has 0 fully saturated rings. The smallest absolute Gasteiger partial charge is 0.227 e. The van der Waals surface area contributed by atoms with Crippen molar-refractivity contribution in [3.63, 3.8) is 0 Å². The first-order chi connectivity index (χ1) is 13.4. The van der Waals surface area contributed by atoms with Gasteiger partial charge in [-0.15, -0.1) is 0 Å². The fraction of sp³-hybridized carbons (Fsp3) is 0.360. The molecule has 0 bridgehead atoms. The third kappa shape index (κ3) is 4.09. The van der Waals surface area contributed by atoms with Crippen LogP contribution in [0.5, 0.6) is 0 Å². The molecular formula is C25H30N2O. The van der Waals surface area contributed by atoms with E-state index in [4.69, 9.17) is 9.41 Å². The number of aromatic nitrogens is 1. The van der Waals surface area contributed by atoms with E-state index in [1.165, 1.54) is 11.1 Å². The maximum atomic E-state index is 6.30. The summed E-state index contributed by atoms with van der Waals surface area (Å²) in [5.41, 5.74) is 7.89. The van der Waals surface area contributed by atoms with Gasteiger partial charge in [0.15, 0.2) is 0 Å². The number of benzene rings is 1. The van der Waals surface area contributed by atoms with Gasteiger partial charge in [0.1, 0.15) is 5.58 Å². The molecule has 3 aromatic rings. The van der Waals surface area contributed by atoms with Crippen molar-refractivity contribution in [2.45, 2.75) is 60.3 Å². The van der Waals surface area contributed by atoms with Gasteiger partial charge in [0.25, 0.3) is 0 Å². The monoisotopic (exact) mass is 374 g/mol. The van der Waals surface area contributed by atoms with E-state index in [9.17, 15) is 0 Å². The summed E-state index contributed by atoms with van der Waals surface area (Å²) >= 11 is 0. The predicted molar refractivity (Wildman–Crippen MR) is 120 cm³/mol. The van der Waals surface area contributed by atoms with Crippen molar-refractivity contribution < 1.29 is 4.42 Å². The molecule has 0 saturated carbocycles. The lowest BCUT2D eigenvalue weighted by Crippen LogP contribution is -2.05. The second-order valence-corrected chi connectivity index (χ2v) is 7.67. The molecule has 146 valence electrons. The quantitative estimate of drug-likeness (QED) is 0.407. The molecule has 3 rings (SSSR count). The lowest BCUT2D eigenvalue weighted by molar-refractivity contribution is 0.651. The Kier molecular flexibility index (Phi) is 6.13. The van der Waals surface area contributed by atoms with Crippen molar-refractivity contribution in [1.82, 2.24) is 4.98 Å². The molecule has 3 heteroatoms. The van der Waals surface area contributed by atoms with Crippen LogP contribution in [0.4, 0.5) is 0 Å². The van der Waals surface area contributed by atoms with Crippen molar-refractivity contribution >= 4 is 27.8 Å². The number of pyridine rings is 1. The molecule has 2 aromatic heterocycles. The standard InChI is InChI=1S/C25H30N2O/c1-7-9-17(5)26-22(15-16(3)4)23-19(10-8-2)12-14-20-21-13-11-18(6)27-25(21)28-24(20)23/h11-15H,5,7-10H2,1-4,6H3. The zero-order valence-electron chi connectivity index (χ0n) is 17.7. The highest BCUT2D eigenvalue weighted by atomic mass is 16.3. The third-order valence-corrected chi connectivity index (χ3v) is 4.75. The van der Waals surface area contributed by atoms with Crippen molar-refractivity contribution in [2.75, 3.05) is 0 Å². The Morgan fingerprint density at radius 2 is 1.86 bits per heavy atom. The van der Waals surface area contributed by atoms with E-state index in [0.717, 1.165) is 64.7 Å². The topological polar surface area (TPSA) is 38.4 Å². The molecule has 0 amide bonds. The summed E-state index contributed by atoms with van der Waals surface area (Å²) in [4.78, 5) is 9.52. The van der Waals surface area contributed by atoms with Crippen LogP contribution in [0.15, 0.2) is 57.6 Å². The minimum Gasteiger partial charge on any atom is -0.437 e. The Bertz CT molecular complexity index is 1080. The average molecular weight is 375 g/mol. The van der Waals surface area contributed by atoms with E-state index in [1.54, 1.807) is 0 Å². The molecule has 0 aliphatic carbocycles. The zero-order valence-corrected chi connectivity index (χ0v) is 17.7. The Hall–Kier alpha value is -2.68. The van der Waals surface area contributed by atoms with Gasteiger partial charge in [-0.25, -0.2) is 4.98 Å². The highest BCUT2D eigenvalue weighted by Gasteiger charge is 2.18. The van der Waals surface area contributed by atoms with Crippen LogP contribution in [0.2, 0.25) is 0 Å².